The molecule has 1 aromatic rings. The Morgan fingerprint density at radius 3 is 2.79 bits per heavy atom. The highest BCUT2D eigenvalue weighted by Crippen LogP contribution is 2.16. The van der Waals surface area contributed by atoms with Gasteiger partial charge in [-0.25, -0.2) is 0 Å². The van der Waals surface area contributed by atoms with Gasteiger partial charge in [-0.3, -0.25) is 4.79 Å². The molecule has 0 aliphatic heterocycles. The van der Waals surface area contributed by atoms with Crippen molar-refractivity contribution in [2.75, 3.05) is 0 Å². The zero-order valence-corrected chi connectivity index (χ0v) is 8.37. The van der Waals surface area contributed by atoms with Crippen molar-refractivity contribution in [1.29, 1.82) is 0 Å². The number of carbonyl (C=O) groups is 1. The second-order valence-electron chi connectivity index (χ2n) is 2.86. The van der Waals surface area contributed by atoms with Crippen LogP contribution in [0.5, 0.6) is 0 Å². The van der Waals surface area contributed by atoms with E-state index >= 15 is 0 Å². The van der Waals surface area contributed by atoms with Crippen LogP contribution in [-0.4, -0.2) is 11.1 Å². The van der Waals surface area contributed by atoms with E-state index in [-0.39, 0.29) is 6.42 Å². The molecule has 0 amide bonds. The van der Waals surface area contributed by atoms with Crippen LogP contribution in [0.1, 0.15) is 18.4 Å². The summed E-state index contributed by atoms with van der Waals surface area (Å²) in [4.78, 5) is 10.2. The van der Waals surface area contributed by atoms with Crippen molar-refractivity contribution >= 4 is 23.6 Å². The van der Waals surface area contributed by atoms with Crippen LogP contribution >= 0.6 is 11.6 Å². The highest BCUT2D eigenvalue weighted by Gasteiger charge is 1.94. The molecule has 0 aliphatic carbocycles. The number of carboxylic acids is 1. The molecule has 0 spiro atoms. The van der Waals surface area contributed by atoms with Gasteiger partial charge in [-0.05, 0) is 18.1 Å². The van der Waals surface area contributed by atoms with Gasteiger partial charge in [0, 0.05) is 11.4 Å². The normalized spacial score (nSPS) is 10.6. The first-order chi connectivity index (χ1) is 6.70. The van der Waals surface area contributed by atoms with E-state index in [9.17, 15) is 4.79 Å². The van der Waals surface area contributed by atoms with Gasteiger partial charge in [0.05, 0.1) is 0 Å². The molecule has 1 rings (SSSR count). The quantitative estimate of drug-likeness (QED) is 0.829. The van der Waals surface area contributed by atoms with E-state index in [1.807, 2.05) is 30.4 Å². The summed E-state index contributed by atoms with van der Waals surface area (Å²) in [5.41, 5.74) is 0.916. The van der Waals surface area contributed by atoms with Crippen molar-refractivity contribution in [3.63, 3.8) is 0 Å². The Balaban J connectivity index is 2.52. The number of benzene rings is 1. The predicted octanol–water partition coefficient (Wildman–Crippen LogP) is 3.22. The zero-order chi connectivity index (χ0) is 10.4. The lowest BCUT2D eigenvalue weighted by Crippen LogP contribution is -1.91. The molecule has 0 unspecified atom stereocenters. The lowest BCUT2D eigenvalue weighted by Gasteiger charge is -1.95. The van der Waals surface area contributed by atoms with Crippen LogP contribution in [0.2, 0.25) is 5.02 Å². The number of hydrogen-bond donors (Lipinski definition) is 1. The standard InChI is InChI=1S/C11H11ClO2/c12-10-7-3-1-5-9(10)6-2-4-8-11(13)14/h1-3,5-7H,4,8H2,(H,13,14)/b6-2+. The molecule has 0 radical (unpaired) electrons. The summed E-state index contributed by atoms with van der Waals surface area (Å²) >= 11 is 5.90. The van der Waals surface area contributed by atoms with Crippen LogP contribution in [0.15, 0.2) is 30.3 Å². The van der Waals surface area contributed by atoms with Crippen LogP contribution in [0, 0.1) is 0 Å². The Kier molecular flexibility index (Phi) is 4.20. The number of carboxylic acid groups (broad SMARTS) is 1. The number of hydrogen-bond acceptors (Lipinski definition) is 1. The smallest absolute Gasteiger partial charge is 0.303 e. The summed E-state index contributed by atoms with van der Waals surface area (Å²) in [7, 11) is 0. The molecule has 1 N–H and O–H groups in total. The number of aliphatic carboxylic acids is 1. The van der Waals surface area contributed by atoms with Crippen molar-refractivity contribution in [1.82, 2.24) is 0 Å². The number of rotatable bonds is 4. The van der Waals surface area contributed by atoms with Crippen molar-refractivity contribution in [3.8, 4) is 0 Å². The molecule has 3 heteroatoms. The summed E-state index contributed by atoms with van der Waals surface area (Å²) in [6.45, 7) is 0. The van der Waals surface area contributed by atoms with E-state index in [0.29, 0.717) is 11.4 Å². The predicted molar refractivity (Wildman–Crippen MR) is 57.4 cm³/mol. The van der Waals surface area contributed by atoms with Gasteiger partial charge < -0.3 is 5.11 Å². The zero-order valence-electron chi connectivity index (χ0n) is 7.61. The maximum absolute atomic E-state index is 10.2. The minimum atomic E-state index is -0.784. The Morgan fingerprint density at radius 1 is 1.43 bits per heavy atom. The Morgan fingerprint density at radius 2 is 2.14 bits per heavy atom. The first-order valence-corrected chi connectivity index (χ1v) is 4.71. The summed E-state index contributed by atoms with van der Waals surface area (Å²) in [6.07, 6.45) is 4.34. The van der Waals surface area contributed by atoms with Crippen molar-refractivity contribution in [2.45, 2.75) is 12.8 Å². The van der Waals surface area contributed by atoms with Gasteiger partial charge >= 0.3 is 5.97 Å². The second-order valence-corrected chi connectivity index (χ2v) is 3.26. The monoisotopic (exact) mass is 210 g/mol. The van der Waals surface area contributed by atoms with Gasteiger partial charge in [0.15, 0.2) is 0 Å². The first-order valence-electron chi connectivity index (χ1n) is 4.33. The number of halogens is 1. The average Bonchev–Trinajstić information content (AvgIpc) is 2.15. The highest BCUT2D eigenvalue weighted by atomic mass is 35.5. The fourth-order valence-corrected chi connectivity index (χ4v) is 1.23. The van der Waals surface area contributed by atoms with Gasteiger partial charge in [-0.1, -0.05) is 42.0 Å². The maximum Gasteiger partial charge on any atom is 0.303 e. The molecule has 0 saturated heterocycles. The summed E-state index contributed by atoms with van der Waals surface area (Å²) in [6, 6.07) is 7.44. The molecule has 0 heterocycles. The van der Waals surface area contributed by atoms with Gasteiger partial charge in [-0.2, -0.15) is 0 Å². The van der Waals surface area contributed by atoms with E-state index in [2.05, 4.69) is 0 Å². The SMILES string of the molecule is O=C(O)CC/C=C/c1ccccc1Cl. The van der Waals surface area contributed by atoms with Gasteiger partial charge in [0.25, 0.3) is 0 Å². The number of allylic oxidation sites excluding steroid dienone is 1. The summed E-state index contributed by atoms with van der Waals surface area (Å²) in [5, 5.41) is 9.09. The molecule has 0 atom stereocenters. The first kappa shape index (κ1) is 10.8. The Hall–Kier alpha value is -1.28. The molecule has 0 saturated carbocycles. The van der Waals surface area contributed by atoms with E-state index in [1.165, 1.54) is 0 Å². The van der Waals surface area contributed by atoms with Gasteiger partial charge in [0.2, 0.25) is 0 Å². The average molecular weight is 211 g/mol. The van der Waals surface area contributed by atoms with Crippen LogP contribution in [-0.2, 0) is 4.79 Å². The van der Waals surface area contributed by atoms with E-state index < -0.39 is 5.97 Å². The van der Waals surface area contributed by atoms with Crippen LogP contribution in [0.4, 0.5) is 0 Å². The fraction of sp³-hybridized carbons (Fsp3) is 0.182. The lowest BCUT2D eigenvalue weighted by molar-refractivity contribution is -0.136. The highest BCUT2D eigenvalue weighted by molar-refractivity contribution is 6.32. The largest absolute Gasteiger partial charge is 0.481 e. The molecule has 0 aromatic heterocycles. The summed E-state index contributed by atoms with van der Waals surface area (Å²) < 4.78 is 0. The third-order valence-electron chi connectivity index (χ3n) is 1.73. The van der Waals surface area contributed by atoms with Crippen LogP contribution in [0.25, 0.3) is 6.08 Å². The molecular formula is C11H11ClO2. The van der Waals surface area contributed by atoms with Crippen molar-refractivity contribution in [3.05, 3.63) is 40.9 Å². The minimum Gasteiger partial charge on any atom is -0.481 e. The van der Waals surface area contributed by atoms with E-state index in [0.717, 1.165) is 5.56 Å². The van der Waals surface area contributed by atoms with Crippen LogP contribution < -0.4 is 0 Å². The third kappa shape index (κ3) is 3.62. The van der Waals surface area contributed by atoms with Crippen LogP contribution in [0.3, 0.4) is 0 Å². The Labute approximate surface area is 87.8 Å². The Bertz CT molecular complexity index is 345. The molecule has 0 aliphatic rings. The molecule has 14 heavy (non-hydrogen) atoms. The molecule has 74 valence electrons. The van der Waals surface area contributed by atoms with E-state index in [4.69, 9.17) is 16.7 Å². The van der Waals surface area contributed by atoms with E-state index in [1.54, 1.807) is 6.07 Å². The van der Waals surface area contributed by atoms with Crippen molar-refractivity contribution in [2.24, 2.45) is 0 Å². The topological polar surface area (TPSA) is 37.3 Å². The van der Waals surface area contributed by atoms with Gasteiger partial charge in [0.1, 0.15) is 0 Å². The fourth-order valence-electron chi connectivity index (χ4n) is 1.03. The molecular weight excluding hydrogens is 200 g/mol. The molecule has 1 aromatic carbocycles. The van der Waals surface area contributed by atoms with Crippen molar-refractivity contribution < 1.29 is 9.90 Å². The van der Waals surface area contributed by atoms with Gasteiger partial charge in [-0.15, -0.1) is 0 Å². The molecule has 0 bridgehead atoms. The second kappa shape index (κ2) is 5.45. The summed E-state index contributed by atoms with van der Waals surface area (Å²) in [5.74, 6) is -0.784. The lowest BCUT2D eigenvalue weighted by atomic mass is 10.2. The molecule has 0 fully saturated rings. The minimum absolute atomic E-state index is 0.154. The molecule has 2 nitrogen and oxygen atoms in total. The maximum atomic E-state index is 10.2. The third-order valence-corrected chi connectivity index (χ3v) is 2.07.